The highest BCUT2D eigenvalue weighted by atomic mass is 16.4. The Hall–Kier alpha value is -6.24. The molecule has 2 fully saturated rings. The van der Waals surface area contributed by atoms with Gasteiger partial charge in [0, 0.05) is 67.7 Å². The van der Waals surface area contributed by atoms with Crippen LogP contribution in [0.25, 0.3) is 65.2 Å². The van der Waals surface area contributed by atoms with Gasteiger partial charge in [-0.05, 0) is 125 Å². The fourth-order valence-electron chi connectivity index (χ4n) is 8.54. The van der Waals surface area contributed by atoms with Crippen LogP contribution in [-0.4, -0.2) is 81.2 Å². The van der Waals surface area contributed by atoms with E-state index in [4.69, 9.17) is 19.8 Å². The summed E-state index contributed by atoms with van der Waals surface area (Å²) in [5.41, 5.74) is 4.36. The zero-order chi connectivity index (χ0) is 42.2. The second kappa shape index (κ2) is 19.2. The molecule has 4 aromatic carbocycles. The van der Waals surface area contributed by atoms with E-state index in [0.717, 1.165) is 72.9 Å². The van der Waals surface area contributed by atoms with Gasteiger partial charge in [-0.3, -0.25) is 9.80 Å². The van der Waals surface area contributed by atoms with Crippen molar-refractivity contribution >= 4 is 77.1 Å². The van der Waals surface area contributed by atoms with Crippen LogP contribution in [-0.2, 0) is 22.7 Å². The Morgan fingerprint density at radius 1 is 0.550 bits per heavy atom. The van der Waals surface area contributed by atoms with Crippen LogP contribution in [0, 0.1) is 0 Å². The molecule has 4 aromatic heterocycles. The van der Waals surface area contributed by atoms with Crippen LogP contribution in [0.15, 0.2) is 97.6 Å². The Bertz CT molecular complexity index is 2570. The number of nitrogens with zero attached hydrogens (tertiary/aromatic N) is 4. The number of carboxylic acids is 2. The van der Waals surface area contributed by atoms with E-state index in [2.05, 4.69) is 90.1 Å². The molecule has 10 rings (SSSR count). The fourth-order valence-corrected chi connectivity index (χ4v) is 8.54. The van der Waals surface area contributed by atoms with Crippen LogP contribution in [0.5, 0.6) is 11.5 Å². The van der Waals surface area contributed by atoms with Crippen molar-refractivity contribution in [1.82, 2.24) is 19.8 Å². The van der Waals surface area contributed by atoms with Gasteiger partial charge < -0.3 is 40.0 Å². The van der Waals surface area contributed by atoms with Gasteiger partial charge in [0.25, 0.3) is 0 Å². The third kappa shape index (κ3) is 10.3. The molecule has 12 heteroatoms. The van der Waals surface area contributed by atoms with Gasteiger partial charge in [0.1, 0.15) is 11.5 Å². The molecule has 4 N–H and O–H groups in total. The lowest BCUT2D eigenvalue weighted by molar-refractivity contribution is -0.695. The maximum absolute atomic E-state index is 9.94. The van der Waals surface area contributed by atoms with Gasteiger partial charge in [-0.2, -0.15) is 0 Å². The first-order chi connectivity index (χ1) is 29.0. The number of aromatic nitrogens is 4. The summed E-state index contributed by atoms with van der Waals surface area (Å²) < 4.78 is 4.61. The lowest BCUT2D eigenvalue weighted by atomic mass is 10.1. The maximum atomic E-state index is 9.94. The number of nitrogens with one attached hydrogen (secondary N) is 2. The number of carbonyl (C=O) groups excluding carboxylic acids is 2. The summed E-state index contributed by atoms with van der Waals surface area (Å²) in [5, 5.41) is 47.1. The first-order valence-corrected chi connectivity index (χ1v) is 20.9. The van der Waals surface area contributed by atoms with Gasteiger partial charge in [0.2, 0.25) is 0 Å². The van der Waals surface area contributed by atoms with Gasteiger partial charge in [0.15, 0.2) is 37.9 Å². The molecule has 0 aliphatic carbocycles. The molecule has 0 spiro atoms. The highest BCUT2D eigenvalue weighted by molar-refractivity contribution is 6.21. The Balaban J connectivity index is 0.000000154. The van der Waals surface area contributed by atoms with Gasteiger partial charge in [-0.1, -0.05) is 25.0 Å². The number of carboxylic acid groups (broad SMARTS) is 2. The first-order valence-electron chi connectivity index (χ1n) is 20.9. The second-order valence-corrected chi connectivity index (χ2v) is 15.8. The van der Waals surface area contributed by atoms with Gasteiger partial charge in [-0.15, -0.1) is 0 Å². The van der Waals surface area contributed by atoms with Crippen molar-refractivity contribution in [3.05, 3.63) is 97.6 Å². The Morgan fingerprint density at radius 3 is 1.30 bits per heavy atom. The number of likely N-dealkylation sites (tertiary alicyclic amines) is 2. The lowest BCUT2D eigenvalue weighted by Gasteiger charge is -2.24. The molecule has 12 nitrogen and oxygen atoms in total. The lowest BCUT2D eigenvalue weighted by Crippen LogP contribution is -2.41. The van der Waals surface area contributed by atoms with Crippen molar-refractivity contribution in [2.24, 2.45) is 0 Å². The van der Waals surface area contributed by atoms with E-state index >= 15 is 0 Å². The molecule has 2 aliphatic heterocycles. The predicted octanol–water partition coefficient (Wildman–Crippen LogP) is 5.42. The number of pyridine rings is 2. The summed E-state index contributed by atoms with van der Waals surface area (Å²) in [4.78, 5) is 29.9. The average Bonchev–Trinajstić information content (AvgIpc) is 3.81. The van der Waals surface area contributed by atoms with E-state index in [0.29, 0.717) is 11.5 Å². The van der Waals surface area contributed by atoms with Gasteiger partial charge in [-0.25, -0.2) is 9.13 Å². The van der Waals surface area contributed by atoms with Gasteiger partial charge >= 0.3 is 0 Å². The summed E-state index contributed by atoms with van der Waals surface area (Å²) in [7, 11) is 0. The summed E-state index contributed by atoms with van der Waals surface area (Å²) >= 11 is 0. The number of carbonyl (C=O) groups is 2. The molecule has 0 atom stereocenters. The number of phenolic OH excluding ortho intramolecular Hbond substituents is 2. The third-order valence-electron chi connectivity index (χ3n) is 11.4. The quantitative estimate of drug-likeness (QED) is 0.162. The standard InChI is InChI=1S/2C22H23N3O.2C2H4O2/c2*26-17-5-7-20-18(14-17)22-19-15-25(13-12-24-9-2-1-3-10-24)11-8-16(19)4-6-21(22)23-20;2*1-2(3)4/h2*4-8,11,14-15,26H,1-3,9-10,12-13H2;2*1H3,(H,3,4). The highest BCUT2D eigenvalue weighted by Gasteiger charge is 2.17. The van der Waals surface area contributed by atoms with Crippen molar-refractivity contribution in [2.75, 3.05) is 39.3 Å². The number of aromatic hydroxyl groups is 2. The van der Waals surface area contributed by atoms with E-state index < -0.39 is 11.9 Å². The average molecular weight is 811 g/mol. The molecule has 0 unspecified atom stereocenters. The van der Waals surface area contributed by atoms with Crippen LogP contribution in [0.1, 0.15) is 52.4 Å². The van der Waals surface area contributed by atoms with Crippen molar-refractivity contribution < 1.29 is 39.1 Å². The zero-order valence-electron chi connectivity index (χ0n) is 34.5. The van der Waals surface area contributed by atoms with E-state index in [1.165, 1.54) is 97.0 Å². The van der Waals surface area contributed by atoms with Crippen molar-refractivity contribution in [3.63, 3.8) is 0 Å². The summed E-state index contributed by atoms with van der Waals surface area (Å²) in [6.07, 6.45) is 17.0. The second-order valence-electron chi connectivity index (χ2n) is 15.8. The minimum Gasteiger partial charge on any atom is -0.550 e. The molecule has 0 radical (unpaired) electrons. The van der Waals surface area contributed by atoms with Crippen LogP contribution < -0.4 is 19.3 Å². The molecule has 312 valence electrons. The topological polar surface area (TPSA) is 167 Å². The molecular weight excluding hydrogens is 757 g/mol. The zero-order valence-corrected chi connectivity index (χ0v) is 34.5. The van der Waals surface area contributed by atoms with Crippen molar-refractivity contribution in [3.8, 4) is 11.5 Å². The molecule has 2 saturated heterocycles. The molecule has 2 aliphatic rings. The molecule has 0 bridgehead atoms. The third-order valence-corrected chi connectivity index (χ3v) is 11.4. The van der Waals surface area contributed by atoms with Crippen LogP contribution in [0.4, 0.5) is 0 Å². The normalized spacial score (nSPS) is 14.7. The molecular formula is C48H54N6O6. The minimum absolute atomic E-state index is 0.310. The fraction of sp³-hybridized carbons (Fsp3) is 0.333. The first kappa shape index (κ1) is 41.9. The minimum atomic E-state index is -1.08. The largest absolute Gasteiger partial charge is 0.550 e. The summed E-state index contributed by atoms with van der Waals surface area (Å²) in [6.45, 7) is 11.1. The predicted molar refractivity (Wildman–Crippen MR) is 232 cm³/mol. The van der Waals surface area contributed by atoms with E-state index in [-0.39, 0.29) is 0 Å². The van der Waals surface area contributed by atoms with Gasteiger partial charge in [0.05, 0.1) is 23.9 Å². The molecule has 60 heavy (non-hydrogen) atoms. The SMILES string of the molecule is CC(=O)[O-].CC(=O)[O-].Oc1ccc2[nH]c3ccc4cc[n+](CCN5CCCCC5)cc4c3c2c1.Oc1ccc2[nH]c3ccc4cc[n+](CCN5CCCCC5)cc4c3c2c1. The monoisotopic (exact) mass is 810 g/mol. The number of aliphatic carboxylic acids is 2. The maximum Gasteiger partial charge on any atom is 0.177 e. The Kier molecular flexibility index (Phi) is 13.4. The van der Waals surface area contributed by atoms with Crippen LogP contribution >= 0.6 is 0 Å². The number of hydrogen-bond donors (Lipinski definition) is 4. The number of rotatable bonds is 6. The van der Waals surface area contributed by atoms with E-state index in [1.54, 1.807) is 12.1 Å². The number of hydrogen-bond acceptors (Lipinski definition) is 8. The van der Waals surface area contributed by atoms with Crippen molar-refractivity contribution in [2.45, 2.75) is 65.5 Å². The Labute approximate surface area is 348 Å². The summed E-state index contributed by atoms with van der Waals surface area (Å²) in [5.74, 6) is -1.55. The number of benzene rings is 4. The molecule has 0 amide bonds. The van der Waals surface area contributed by atoms with E-state index in [1.807, 2.05) is 24.3 Å². The van der Waals surface area contributed by atoms with Crippen LogP contribution in [0.3, 0.4) is 0 Å². The molecule has 6 heterocycles. The van der Waals surface area contributed by atoms with E-state index in [9.17, 15) is 10.2 Å². The number of piperidine rings is 2. The number of fused-ring (bicyclic) bond motifs is 10. The number of H-pyrrole nitrogens is 2. The molecule has 8 aromatic rings. The number of phenols is 2. The molecule has 0 saturated carbocycles. The van der Waals surface area contributed by atoms with Crippen LogP contribution in [0.2, 0.25) is 0 Å². The number of aromatic amines is 2. The Morgan fingerprint density at radius 2 is 0.917 bits per heavy atom. The smallest absolute Gasteiger partial charge is 0.177 e. The summed E-state index contributed by atoms with van der Waals surface area (Å²) in [6, 6.07) is 24.1. The highest BCUT2D eigenvalue weighted by Crippen LogP contribution is 2.34. The van der Waals surface area contributed by atoms with Crippen molar-refractivity contribution in [1.29, 1.82) is 0 Å².